The lowest BCUT2D eigenvalue weighted by molar-refractivity contribution is 0.146. The number of halogens is 1. The highest BCUT2D eigenvalue weighted by molar-refractivity contribution is 9.10. The molecule has 1 aromatic rings. The highest BCUT2D eigenvalue weighted by Gasteiger charge is 2.41. The Bertz CT molecular complexity index is 307. The Labute approximate surface area is 93.3 Å². The van der Waals surface area contributed by atoms with Crippen LogP contribution in [0.4, 0.5) is 0 Å². The molecular weight excluding hydrogens is 240 g/mol. The number of hydrogen-bond donors (Lipinski definition) is 1. The minimum atomic E-state index is -0.256. The highest BCUT2D eigenvalue weighted by Crippen LogP contribution is 2.49. The van der Waals surface area contributed by atoms with Crippen LogP contribution < -0.4 is 0 Å². The molecule has 2 rings (SSSR count). The first-order chi connectivity index (χ1) is 6.72. The lowest BCUT2D eigenvalue weighted by atomic mass is 10.0. The summed E-state index contributed by atoms with van der Waals surface area (Å²) in [5.74, 6) is 1.25. The Kier molecular flexibility index (Phi) is 2.93. The van der Waals surface area contributed by atoms with Gasteiger partial charge in [-0.05, 0) is 36.0 Å². The van der Waals surface area contributed by atoms with E-state index in [-0.39, 0.29) is 6.10 Å². The summed E-state index contributed by atoms with van der Waals surface area (Å²) >= 11 is 3.39. The molecule has 0 spiro atoms. The van der Waals surface area contributed by atoms with Gasteiger partial charge in [0.15, 0.2) is 0 Å². The molecule has 3 unspecified atom stereocenters. The van der Waals surface area contributed by atoms with Crippen molar-refractivity contribution in [3.63, 3.8) is 0 Å². The summed E-state index contributed by atoms with van der Waals surface area (Å²) in [5, 5.41) is 10.0. The zero-order chi connectivity index (χ0) is 10.1. The summed E-state index contributed by atoms with van der Waals surface area (Å²) in [6.07, 6.45) is 2.12. The largest absolute Gasteiger partial charge is 0.388 e. The summed E-state index contributed by atoms with van der Waals surface area (Å²) in [5.41, 5.74) is 1.05. The van der Waals surface area contributed by atoms with E-state index in [4.69, 9.17) is 0 Å². The van der Waals surface area contributed by atoms with Crippen LogP contribution >= 0.6 is 15.9 Å². The van der Waals surface area contributed by atoms with Gasteiger partial charge in [0.1, 0.15) is 0 Å². The maximum atomic E-state index is 10.0. The van der Waals surface area contributed by atoms with Gasteiger partial charge in [0.05, 0.1) is 6.10 Å². The maximum absolute atomic E-state index is 10.0. The smallest absolute Gasteiger partial charge is 0.0820 e. The third kappa shape index (κ3) is 2.01. The second kappa shape index (κ2) is 4.03. The molecule has 14 heavy (non-hydrogen) atoms. The monoisotopic (exact) mass is 254 g/mol. The van der Waals surface area contributed by atoms with Gasteiger partial charge in [0.25, 0.3) is 0 Å². The van der Waals surface area contributed by atoms with Crippen LogP contribution in [-0.2, 0) is 0 Å². The van der Waals surface area contributed by atoms with E-state index >= 15 is 0 Å². The molecule has 0 amide bonds. The fourth-order valence-corrected chi connectivity index (χ4v) is 2.30. The molecule has 3 atom stereocenters. The average molecular weight is 255 g/mol. The van der Waals surface area contributed by atoms with Crippen LogP contribution in [-0.4, -0.2) is 5.11 Å². The van der Waals surface area contributed by atoms with Crippen LogP contribution in [0.5, 0.6) is 0 Å². The van der Waals surface area contributed by atoms with Crippen LogP contribution in [0.3, 0.4) is 0 Å². The molecule has 1 aromatic carbocycles. The summed E-state index contributed by atoms with van der Waals surface area (Å²) in [6, 6.07) is 7.98. The quantitative estimate of drug-likeness (QED) is 0.876. The Hall–Kier alpha value is -0.340. The maximum Gasteiger partial charge on any atom is 0.0820 e. The highest BCUT2D eigenvalue weighted by atomic mass is 79.9. The van der Waals surface area contributed by atoms with Gasteiger partial charge in [-0.2, -0.15) is 0 Å². The summed E-state index contributed by atoms with van der Waals surface area (Å²) < 4.78 is 1.07. The number of hydrogen-bond acceptors (Lipinski definition) is 1. The molecule has 1 aliphatic rings. The van der Waals surface area contributed by atoms with Gasteiger partial charge in [-0.3, -0.25) is 0 Å². The van der Waals surface area contributed by atoms with Crippen molar-refractivity contribution in [2.24, 2.45) is 11.8 Å². The first-order valence-electron chi connectivity index (χ1n) is 5.16. The van der Waals surface area contributed by atoms with Gasteiger partial charge in [-0.1, -0.05) is 41.4 Å². The van der Waals surface area contributed by atoms with Crippen molar-refractivity contribution in [2.45, 2.75) is 25.9 Å². The van der Waals surface area contributed by atoms with Gasteiger partial charge >= 0.3 is 0 Å². The molecule has 1 nitrogen and oxygen atoms in total. The SMILES string of the molecule is CCC1CC1C(O)c1ccc(Br)cc1. The van der Waals surface area contributed by atoms with E-state index in [2.05, 4.69) is 22.9 Å². The zero-order valence-electron chi connectivity index (χ0n) is 8.28. The van der Waals surface area contributed by atoms with Gasteiger partial charge in [0.2, 0.25) is 0 Å². The van der Waals surface area contributed by atoms with E-state index in [1.807, 2.05) is 24.3 Å². The fourth-order valence-electron chi connectivity index (χ4n) is 2.03. The van der Waals surface area contributed by atoms with Crippen molar-refractivity contribution < 1.29 is 5.11 Å². The van der Waals surface area contributed by atoms with E-state index in [0.29, 0.717) is 5.92 Å². The number of benzene rings is 1. The fraction of sp³-hybridized carbons (Fsp3) is 0.500. The van der Waals surface area contributed by atoms with Crippen molar-refractivity contribution in [2.75, 3.05) is 0 Å². The van der Waals surface area contributed by atoms with Crippen molar-refractivity contribution in [3.8, 4) is 0 Å². The normalized spacial score (nSPS) is 27.4. The molecule has 0 saturated heterocycles. The molecule has 0 radical (unpaired) electrons. The van der Waals surface area contributed by atoms with Gasteiger partial charge < -0.3 is 5.11 Å². The standard InChI is InChI=1S/C12H15BrO/c1-2-8-7-11(8)12(14)9-3-5-10(13)6-4-9/h3-6,8,11-12,14H,2,7H2,1H3. The topological polar surface area (TPSA) is 20.2 Å². The molecule has 0 aliphatic heterocycles. The second-order valence-electron chi connectivity index (χ2n) is 4.06. The minimum absolute atomic E-state index is 0.256. The molecular formula is C12H15BrO. The molecule has 1 saturated carbocycles. The summed E-state index contributed by atoms with van der Waals surface area (Å²) in [7, 11) is 0. The lowest BCUT2D eigenvalue weighted by Crippen LogP contribution is -2.00. The van der Waals surface area contributed by atoms with E-state index in [1.165, 1.54) is 12.8 Å². The molecule has 0 bridgehead atoms. The summed E-state index contributed by atoms with van der Waals surface area (Å²) in [6.45, 7) is 2.19. The number of rotatable bonds is 3. The van der Waals surface area contributed by atoms with Crippen molar-refractivity contribution in [1.82, 2.24) is 0 Å². The number of aliphatic hydroxyl groups excluding tert-OH is 1. The van der Waals surface area contributed by atoms with Gasteiger partial charge in [-0.25, -0.2) is 0 Å². The Morgan fingerprint density at radius 1 is 1.43 bits per heavy atom. The number of aliphatic hydroxyl groups is 1. The molecule has 0 heterocycles. The Balaban J connectivity index is 2.05. The third-order valence-electron chi connectivity index (χ3n) is 3.12. The van der Waals surface area contributed by atoms with E-state index < -0.39 is 0 Å². The van der Waals surface area contributed by atoms with Gasteiger partial charge in [-0.15, -0.1) is 0 Å². The second-order valence-corrected chi connectivity index (χ2v) is 4.98. The van der Waals surface area contributed by atoms with E-state index in [1.54, 1.807) is 0 Å². The molecule has 0 aromatic heterocycles. The Morgan fingerprint density at radius 3 is 2.57 bits per heavy atom. The molecule has 1 fully saturated rings. The van der Waals surface area contributed by atoms with Crippen LogP contribution in [0.2, 0.25) is 0 Å². The predicted molar refractivity (Wildman–Crippen MR) is 61.0 cm³/mol. The van der Waals surface area contributed by atoms with Crippen molar-refractivity contribution in [1.29, 1.82) is 0 Å². The zero-order valence-corrected chi connectivity index (χ0v) is 9.87. The van der Waals surface area contributed by atoms with Crippen LogP contribution in [0.25, 0.3) is 0 Å². The Morgan fingerprint density at radius 2 is 2.07 bits per heavy atom. The van der Waals surface area contributed by atoms with E-state index in [9.17, 15) is 5.11 Å². The van der Waals surface area contributed by atoms with Crippen molar-refractivity contribution in [3.05, 3.63) is 34.3 Å². The van der Waals surface area contributed by atoms with Gasteiger partial charge in [0, 0.05) is 4.47 Å². The first kappa shape index (κ1) is 10.2. The van der Waals surface area contributed by atoms with Crippen LogP contribution in [0.15, 0.2) is 28.7 Å². The predicted octanol–water partition coefficient (Wildman–Crippen LogP) is 3.53. The van der Waals surface area contributed by atoms with E-state index in [0.717, 1.165) is 16.0 Å². The summed E-state index contributed by atoms with van der Waals surface area (Å²) in [4.78, 5) is 0. The molecule has 1 aliphatic carbocycles. The molecule has 2 heteroatoms. The molecule has 76 valence electrons. The third-order valence-corrected chi connectivity index (χ3v) is 3.65. The lowest BCUT2D eigenvalue weighted by Gasteiger charge is -2.10. The molecule has 1 N–H and O–H groups in total. The minimum Gasteiger partial charge on any atom is -0.388 e. The first-order valence-corrected chi connectivity index (χ1v) is 5.95. The average Bonchev–Trinajstić information content (AvgIpc) is 2.97. The van der Waals surface area contributed by atoms with Crippen LogP contribution in [0, 0.1) is 11.8 Å². The van der Waals surface area contributed by atoms with Crippen molar-refractivity contribution >= 4 is 15.9 Å². The van der Waals surface area contributed by atoms with Crippen LogP contribution in [0.1, 0.15) is 31.4 Å².